The van der Waals surface area contributed by atoms with Crippen molar-refractivity contribution in [3.63, 3.8) is 0 Å². The Morgan fingerprint density at radius 2 is 1.55 bits per heavy atom. The summed E-state index contributed by atoms with van der Waals surface area (Å²) in [6.45, 7) is 0. The van der Waals surface area contributed by atoms with E-state index >= 15 is 0 Å². The summed E-state index contributed by atoms with van der Waals surface area (Å²) in [5.74, 6) is -0.502. The van der Waals surface area contributed by atoms with E-state index in [0.29, 0.717) is 27.4 Å². The average Bonchev–Trinajstić information content (AvgIpc) is 3.25. The third-order valence-electron chi connectivity index (χ3n) is 5.16. The Kier molecular flexibility index (Phi) is 4.77. The lowest BCUT2D eigenvalue weighted by atomic mass is 10.0. The van der Waals surface area contributed by atoms with Crippen LogP contribution >= 0.6 is 11.6 Å². The van der Waals surface area contributed by atoms with E-state index in [1.807, 2.05) is 42.5 Å². The van der Waals surface area contributed by atoms with Crippen LogP contribution in [0.4, 0.5) is 5.69 Å². The quantitative estimate of drug-likeness (QED) is 0.325. The number of halogens is 1. The Bertz CT molecular complexity index is 1450. The second kappa shape index (κ2) is 7.74. The van der Waals surface area contributed by atoms with Crippen LogP contribution in [0.15, 0.2) is 95.4 Å². The van der Waals surface area contributed by atoms with Gasteiger partial charge in [0.25, 0.3) is 5.91 Å². The number of ketones is 1. The summed E-state index contributed by atoms with van der Waals surface area (Å²) in [7, 11) is 0. The summed E-state index contributed by atoms with van der Waals surface area (Å²) in [4.78, 5) is 26.0. The summed E-state index contributed by atoms with van der Waals surface area (Å²) in [6.07, 6.45) is 0. The molecule has 5 rings (SSSR count). The van der Waals surface area contributed by atoms with Gasteiger partial charge in [-0.05, 0) is 41.1 Å². The van der Waals surface area contributed by atoms with Gasteiger partial charge in [-0.2, -0.15) is 0 Å². The first-order valence-corrected chi connectivity index (χ1v) is 10.1. The van der Waals surface area contributed by atoms with Crippen molar-refractivity contribution in [2.24, 2.45) is 0 Å². The molecule has 0 aliphatic heterocycles. The first-order valence-electron chi connectivity index (χ1n) is 9.72. The number of furan rings is 1. The van der Waals surface area contributed by atoms with Crippen LogP contribution in [0.5, 0.6) is 0 Å². The van der Waals surface area contributed by atoms with E-state index in [0.717, 1.165) is 16.2 Å². The molecule has 0 aliphatic carbocycles. The average molecular weight is 426 g/mol. The van der Waals surface area contributed by atoms with Crippen LogP contribution in [0.3, 0.4) is 0 Å². The molecule has 0 radical (unpaired) electrons. The second-order valence-corrected chi connectivity index (χ2v) is 7.58. The summed E-state index contributed by atoms with van der Waals surface area (Å²) in [6, 6.07) is 27.1. The molecule has 0 saturated heterocycles. The molecular formula is C26H16ClNO3. The summed E-state index contributed by atoms with van der Waals surface area (Å²) < 4.78 is 5.80. The number of carbonyl (C=O) groups excluding carboxylic acids is 2. The maximum atomic E-state index is 13.0. The van der Waals surface area contributed by atoms with Crippen molar-refractivity contribution in [2.45, 2.75) is 0 Å². The fourth-order valence-corrected chi connectivity index (χ4v) is 3.82. The van der Waals surface area contributed by atoms with Crippen LogP contribution in [-0.2, 0) is 0 Å². The topological polar surface area (TPSA) is 59.3 Å². The van der Waals surface area contributed by atoms with Crippen molar-refractivity contribution in [2.75, 3.05) is 5.32 Å². The number of carbonyl (C=O) groups is 2. The zero-order valence-electron chi connectivity index (χ0n) is 16.3. The van der Waals surface area contributed by atoms with Crippen molar-refractivity contribution in [1.29, 1.82) is 0 Å². The number of amides is 1. The fraction of sp³-hybridized carbons (Fsp3) is 0. The predicted molar refractivity (Wildman–Crippen MR) is 123 cm³/mol. The Morgan fingerprint density at radius 3 is 2.39 bits per heavy atom. The first kappa shape index (κ1) is 19.1. The van der Waals surface area contributed by atoms with Gasteiger partial charge in [0, 0.05) is 21.5 Å². The molecule has 150 valence electrons. The van der Waals surface area contributed by atoms with E-state index in [4.69, 9.17) is 16.0 Å². The van der Waals surface area contributed by atoms with Crippen LogP contribution in [0.1, 0.15) is 26.5 Å². The molecule has 4 nitrogen and oxygen atoms in total. The molecule has 4 aromatic carbocycles. The van der Waals surface area contributed by atoms with Crippen molar-refractivity contribution >= 4 is 50.7 Å². The SMILES string of the molecule is O=C(Nc1ccc(Cl)cc1C(=O)c1ccccc1)c1cc2c(ccc3ccccc32)o1. The molecule has 1 N–H and O–H groups in total. The second-order valence-electron chi connectivity index (χ2n) is 7.15. The maximum absolute atomic E-state index is 13.0. The van der Waals surface area contributed by atoms with Gasteiger partial charge in [-0.1, -0.05) is 72.3 Å². The number of anilines is 1. The number of nitrogens with one attached hydrogen (secondary N) is 1. The standard InChI is InChI=1S/C26H16ClNO3/c27-18-11-12-22(21(14-18)25(29)17-7-2-1-3-8-17)28-26(30)24-15-20-19-9-5-4-6-16(19)10-13-23(20)31-24/h1-15H,(H,28,30). The third-order valence-corrected chi connectivity index (χ3v) is 5.40. The maximum Gasteiger partial charge on any atom is 0.291 e. The lowest BCUT2D eigenvalue weighted by Gasteiger charge is -2.10. The van der Waals surface area contributed by atoms with E-state index in [1.54, 1.807) is 48.5 Å². The lowest BCUT2D eigenvalue weighted by Crippen LogP contribution is -2.14. The van der Waals surface area contributed by atoms with Crippen molar-refractivity contribution in [3.05, 3.63) is 113 Å². The van der Waals surface area contributed by atoms with Crippen LogP contribution in [0, 0.1) is 0 Å². The van der Waals surface area contributed by atoms with Crippen LogP contribution in [-0.4, -0.2) is 11.7 Å². The molecule has 5 heteroatoms. The van der Waals surface area contributed by atoms with E-state index in [1.165, 1.54) is 0 Å². The molecule has 0 atom stereocenters. The van der Waals surface area contributed by atoms with Gasteiger partial charge in [-0.15, -0.1) is 0 Å². The van der Waals surface area contributed by atoms with Crippen molar-refractivity contribution < 1.29 is 14.0 Å². The highest BCUT2D eigenvalue weighted by Gasteiger charge is 2.19. The normalized spacial score (nSPS) is 11.0. The van der Waals surface area contributed by atoms with Crippen LogP contribution < -0.4 is 5.32 Å². The molecular weight excluding hydrogens is 410 g/mol. The Labute approximate surface area is 183 Å². The highest BCUT2D eigenvalue weighted by atomic mass is 35.5. The van der Waals surface area contributed by atoms with Gasteiger partial charge in [0.15, 0.2) is 11.5 Å². The van der Waals surface area contributed by atoms with Gasteiger partial charge in [0.05, 0.1) is 5.69 Å². The number of hydrogen-bond acceptors (Lipinski definition) is 3. The van der Waals surface area contributed by atoms with Gasteiger partial charge >= 0.3 is 0 Å². The molecule has 1 aromatic heterocycles. The lowest BCUT2D eigenvalue weighted by molar-refractivity contribution is 0.0998. The minimum atomic E-state index is -0.440. The monoisotopic (exact) mass is 425 g/mol. The Morgan fingerprint density at radius 1 is 0.774 bits per heavy atom. The molecule has 0 spiro atoms. The third kappa shape index (κ3) is 3.58. The molecule has 1 heterocycles. The zero-order valence-corrected chi connectivity index (χ0v) is 17.0. The first-order chi connectivity index (χ1) is 15.1. The molecule has 5 aromatic rings. The van der Waals surface area contributed by atoms with E-state index < -0.39 is 5.91 Å². The van der Waals surface area contributed by atoms with Gasteiger partial charge in [-0.3, -0.25) is 9.59 Å². The van der Waals surface area contributed by atoms with Crippen LogP contribution in [0.2, 0.25) is 5.02 Å². The molecule has 0 bridgehead atoms. The number of benzene rings is 4. The predicted octanol–water partition coefficient (Wildman–Crippen LogP) is 6.72. The van der Waals surface area contributed by atoms with E-state index in [9.17, 15) is 9.59 Å². The molecule has 31 heavy (non-hydrogen) atoms. The van der Waals surface area contributed by atoms with Crippen molar-refractivity contribution in [3.8, 4) is 0 Å². The highest BCUT2D eigenvalue weighted by Crippen LogP contribution is 2.29. The van der Waals surface area contributed by atoms with Gasteiger partial charge in [-0.25, -0.2) is 0 Å². The van der Waals surface area contributed by atoms with Crippen molar-refractivity contribution in [1.82, 2.24) is 0 Å². The zero-order chi connectivity index (χ0) is 21.4. The number of fused-ring (bicyclic) bond motifs is 3. The summed E-state index contributed by atoms with van der Waals surface area (Å²) >= 11 is 6.13. The largest absolute Gasteiger partial charge is 0.451 e. The van der Waals surface area contributed by atoms with Gasteiger partial charge < -0.3 is 9.73 Å². The number of rotatable bonds is 4. The minimum absolute atomic E-state index is 0.166. The summed E-state index contributed by atoms with van der Waals surface area (Å²) in [5.41, 5.74) is 1.82. The minimum Gasteiger partial charge on any atom is -0.451 e. The molecule has 0 aliphatic rings. The van der Waals surface area contributed by atoms with Crippen LogP contribution in [0.25, 0.3) is 21.7 Å². The molecule has 0 saturated carbocycles. The van der Waals surface area contributed by atoms with Gasteiger partial charge in [0.2, 0.25) is 0 Å². The number of hydrogen-bond donors (Lipinski definition) is 1. The highest BCUT2D eigenvalue weighted by molar-refractivity contribution is 6.31. The summed E-state index contributed by atoms with van der Waals surface area (Å²) in [5, 5.41) is 6.15. The van der Waals surface area contributed by atoms with E-state index in [-0.39, 0.29) is 11.5 Å². The van der Waals surface area contributed by atoms with Gasteiger partial charge in [0.1, 0.15) is 5.58 Å². The van der Waals surface area contributed by atoms with E-state index in [2.05, 4.69) is 5.32 Å². The molecule has 0 unspecified atom stereocenters. The molecule has 1 amide bonds. The molecule has 0 fully saturated rings. The fourth-order valence-electron chi connectivity index (χ4n) is 3.65. The smallest absolute Gasteiger partial charge is 0.291 e. The Balaban J connectivity index is 1.51. The Hall–Kier alpha value is -3.89.